The van der Waals surface area contributed by atoms with E-state index in [-0.39, 0.29) is 0 Å². The fourth-order valence-corrected chi connectivity index (χ4v) is 2.52. The molecule has 2 rings (SSSR count). The van der Waals surface area contributed by atoms with Crippen LogP contribution in [0.4, 0.5) is 0 Å². The molecule has 0 saturated heterocycles. The molecule has 22 heavy (non-hydrogen) atoms. The zero-order valence-corrected chi connectivity index (χ0v) is 14.1. The lowest BCUT2D eigenvalue weighted by Crippen LogP contribution is -2.02. The quantitative estimate of drug-likeness (QED) is 0.696. The highest BCUT2D eigenvalue weighted by atomic mass is 79.9. The fraction of sp³-hybridized carbons (Fsp3) is 0.235. The Morgan fingerprint density at radius 3 is 2.32 bits per heavy atom. The number of carbonyl (C=O) groups excluding carboxylic acids is 1. The molecule has 2 aromatic rings. The van der Waals surface area contributed by atoms with Gasteiger partial charge in [-0.2, -0.15) is 0 Å². The van der Waals surface area contributed by atoms with E-state index < -0.39 is 0 Å². The standard InChI is InChI=1S/C17H17BrO4/c1-20-13-5-3-12(4-6-13)10-22-11-15-14(9-19)17(21-2)8-7-16(15)18/h3-9H,10-11H2,1-2H3. The van der Waals surface area contributed by atoms with E-state index in [1.165, 1.54) is 7.11 Å². The van der Waals surface area contributed by atoms with Crippen LogP contribution in [0.5, 0.6) is 11.5 Å². The second kappa shape index (κ2) is 7.96. The number of rotatable bonds is 7. The molecule has 0 radical (unpaired) electrons. The minimum absolute atomic E-state index is 0.317. The third-order valence-electron chi connectivity index (χ3n) is 3.27. The van der Waals surface area contributed by atoms with E-state index >= 15 is 0 Å². The summed E-state index contributed by atoms with van der Waals surface area (Å²) in [6.45, 7) is 0.768. The summed E-state index contributed by atoms with van der Waals surface area (Å²) in [6.07, 6.45) is 0.787. The minimum atomic E-state index is 0.317. The first kappa shape index (κ1) is 16.5. The summed E-state index contributed by atoms with van der Waals surface area (Å²) in [7, 11) is 3.17. The molecule has 4 nitrogen and oxygen atoms in total. The van der Waals surface area contributed by atoms with Gasteiger partial charge < -0.3 is 14.2 Å². The van der Waals surface area contributed by atoms with E-state index in [0.29, 0.717) is 24.5 Å². The monoisotopic (exact) mass is 364 g/mol. The lowest BCUT2D eigenvalue weighted by Gasteiger charge is -2.12. The highest BCUT2D eigenvalue weighted by molar-refractivity contribution is 9.10. The van der Waals surface area contributed by atoms with Crippen molar-refractivity contribution in [2.45, 2.75) is 13.2 Å². The highest BCUT2D eigenvalue weighted by Crippen LogP contribution is 2.28. The van der Waals surface area contributed by atoms with Gasteiger partial charge in [0.25, 0.3) is 0 Å². The smallest absolute Gasteiger partial charge is 0.154 e. The molecule has 0 N–H and O–H groups in total. The molecule has 116 valence electrons. The molecule has 0 heterocycles. The summed E-state index contributed by atoms with van der Waals surface area (Å²) in [5, 5.41) is 0. The zero-order chi connectivity index (χ0) is 15.9. The van der Waals surface area contributed by atoms with Crippen LogP contribution in [-0.4, -0.2) is 20.5 Å². The topological polar surface area (TPSA) is 44.8 Å². The van der Waals surface area contributed by atoms with Crippen molar-refractivity contribution >= 4 is 22.2 Å². The van der Waals surface area contributed by atoms with E-state index in [1.807, 2.05) is 30.3 Å². The summed E-state index contributed by atoms with van der Waals surface area (Å²) in [6, 6.07) is 11.3. The SMILES string of the molecule is COc1ccc(COCc2c(Br)ccc(OC)c2C=O)cc1. The van der Waals surface area contributed by atoms with Gasteiger partial charge in [0, 0.05) is 10.0 Å². The fourth-order valence-electron chi connectivity index (χ4n) is 2.06. The van der Waals surface area contributed by atoms with Gasteiger partial charge in [-0.1, -0.05) is 28.1 Å². The van der Waals surface area contributed by atoms with Crippen LogP contribution >= 0.6 is 15.9 Å². The second-order valence-corrected chi connectivity index (χ2v) is 5.45. The van der Waals surface area contributed by atoms with E-state index in [2.05, 4.69) is 15.9 Å². The van der Waals surface area contributed by atoms with Crippen molar-refractivity contribution in [3.05, 3.63) is 57.6 Å². The Hall–Kier alpha value is -1.85. The van der Waals surface area contributed by atoms with Crippen LogP contribution in [0.15, 0.2) is 40.9 Å². The van der Waals surface area contributed by atoms with Crippen molar-refractivity contribution in [3.8, 4) is 11.5 Å². The lowest BCUT2D eigenvalue weighted by molar-refractivity contribution is 0.103. The Kier molecular flexibility index (Phi) is 5.98. The molecule has 0 spiro atoms. The van der Waals surface area contributed by atoms with Gasteiger partial charge in [0.2, 0.25) is 0 Å². The normalized spacial score (nSPS) is 10.3. The molecule has 2 aromatic carbocycles. The number of benzene rings is 2. The maximum atomic E-state index is 11.3. The summed E-state index contributed by atoms with van der Waals surface area (Å²) in [4.78, 5) is 11.3. The van der Waals surface area contributed by atoms with Crippen molar-refractivity contribution in [2.24, 2.45) is 0 Å². The van der Waals surface area contributed by atoms with Crippen LogP contribution in [0.2, 0.25) is 0 Å². The van der Waals surface area contributed by atoms with Crippen molar-refractivity contribution in [2.75, 3.05) is 14.2 Å². The third-order valence-corrected chi connectivity index (χ3v) is 4.01. The first-order chi connectivity index (χ1) is 10.7. The van der Waals surface area contributed by atoms with Crippen LogP contribution in [-0.2, 0) is 18.0 Å². The molecule has 0 unspecified atom stereocenters. The summed E-state index contributed by atoms with van der Waals surface area (Å²) in [5.74, 6) is 1.35. The van der Waals surface area contributed by atoms with E-state index in [4.69, 9.17) is 14.2 Å². The van der Waals surface area contributed by atoms with Gasteiger partial charge in [-0.25, -0.2) is 0 Å². The van der Waals surface area contributed by atoms with Gasteiger partial charge in [0.1, 0.15) is 11.5 Å². The van der Waals surface area contributed by atoms with Crippen LogP contribution in [0.1, 0.15) is 21.5 Å². The maximum absolute atomic E-state index is 11.3. The number of hydrogen-bond donors (Lipinski definition) is 0. The van der Waals surface area contributed by atoms with E-state index in [1.54, 1.807) is 13.2 Å². The van der Waals surface area contributed by atoms with Gasteiger partial charge in [-0.15, -0.1) is 0 Å². The van der Waals surface area contributed by atoms with Crippen LogP contribution in [0.3, 0.4) is 0 Å². The Bertz CT molecular complexity index is 638. The Morgan fingerprint density at radius 1 is 1.00 bits per heavy atom. The predicted octanol–water partition coefficient (Wildman–Crippen LogP) is 4.00. The number of hydrogen-bond acceptors (Lipinski definition) is 4. The highest BCUT2D eigenvalue weighted by Gasteiger charge is 2.12. The molecular formula is C17H17BrO4. The van der Waals surface area contributed by atoms with Gasteiger partial charge in [-0.05, 0) is 29.8 Å². The summed E-state index contributed by atoms with van der Waals surface area (Å²) >= 11 is 3.45. The maximum Gasteiger partial charge on any atom is 0.154 e. The van der Waals surface area contributed by atoms with E-state index in [0.717, 1.165) is 27.6 Å². The molecule has 0 aliphatic rings. The Balaban J connectivity index is 2.06. The van der Waals surface area contributed by atoms with Crippen molar-refractivity contribution < 1.29 is 19.0 Å². The zero-order valence-electron chi connectivity index (χ0n) is 12.5. The number of ether oxygens (including phenoxy) is 3. The first-order valence-electron chi connectivity index (χ1n) is 6.70. The lowest BCUT2D eigenvalue weighted by atomic mass is 10.1. The van der Waals surface area contributed by atoms with Crippen molar-refractivity contribution in [1.29, 1.82) is 0 Å². The molecule has 0 aromatic heterocycles. The molecule has 0 aliphatic carbocycles. The van der Waals surface area contributed by atoms with E-state index in [9.17, 15) is 4.79 Å². The number of aldehydes is 1. The van der Waals surface area contributed by atoms with Crippen molar-refractivity contribution in [3.63, 3.8) is 0 Å². The van der Waals surface area contributed by atoms with Gasteiger partial charge >= 0.3 is 0 Å². The van der Waals surface area contributed by atoms with Crippen LogP contribution < -0.4 is 9.47 Å². The van der Waals surface area contributed by atoms with Crippen molar-refractivity contribution in [1.82, 2.24) is 0 Å². The van der Waals surface area contributed by atoms with Gasteiger partial charge in [0.15, 0.2) is 6.29 Å². The molecule has 5 heteroatoms. The molecule has 0 bridgehead atoms. The summed E-state index contributed by atoms with van der Waals surface area (Å²) in [5.41, 5.74) is 2.32. The molecule has 0 fully saturated rings. The Labute approximate surface area is 138 Å². The molecule has 0 saturated carbocycles. The third kappa shape index (κ3) is 3.87. The average molecular weight is 365 g/mol. The number of methoxy groups -OCH3 is 2. The predicted molar refractivity (Wildman–Crippen MR) is 87.6 cm³/mol. The molecule has 0 aliphatic heterocycles. The molecule has 0 amide bonds. The average Bonchev–Trinajstić information content (AvgIpc) is 2.56. The Morgan fingerprint density at radius 2 is 1.73 bits per heavy atom. The first-order valence-corrected chi connectivity index (χ1v) is 7.50. The minimum Gasteiger partial charge on any atom is -0.497 e. The number of carbonyl (C=O) groups is 1. The second-order valence-electron chi connectivity index (χ2n) is 4.60. The van der Waals surface area contributed by atoms with Crippen LogP contribution in [0, 0.1) is 0 Å². The largest absolute Gasteiger partial charge is 0.497 e. The molecule has 0 atom stereocenters. The van der Waals surface area contributed by atoms with Crippen LogP contribution in [0.25, 0.3) is 0 Å². The van der Waals surface area contributed by atoms with Gasteiger partial charge in [-0.3, -0.25) is 4.79 Å². The summed E-state index contributed by atoms with van der Waals surface area (Å²) < 4.78 is 16.9. The van der Waals surface area contributed by atoms with Gasteiger partial charge in [0.05, 0.1) is 33.0 Å². The molecular weight excluding hydrogens is 348 g/mol. The number of halogens is 1.